The molecule has 1 atom stereocenters. The van der Waals surface area contributed by atoms with Crippen molar-refractivity contribution in [2.24, 2.45) is 5.73 Å². The lowest BCUT2D eigenvalue weighted by molar-refractivity contribution is 0.429. The van der Waals surface area contributed by atoms with Crippen LogP contribution in [0, 0.1) is 20.8 Å². The fourth-order valence-electron chi connectivity index (χ4n) is 1.83. The molecule has 0 aliphatic carbocycles. The Morgan fingerprint density at radius 1 is 1.28 bits per heavy atom. The average Bonchev–Trinajstić information content (AvgIpc) is 2.72. The summed E-state index contributed by atoms with van der Waals surface area (Å²) in [5.74, 6) is 1.31. The number of aromatic nitrogens is 2. The molecule has 0 amide bonds. The standard InChI is InChI=1S/C13H17N3OS/c1-8-4-5-11(9(2)6-8)12(14)7-18-13-16-15-10(3)17-13/h4-6,12H,7,14H2,1-3H3. The molecule has 1 heterocycles. The molecule has 5 heteroatoms. The summed E-state index contributed by atoms with van der Waals surface area (Å²) in [4.78, 5) is 0. The molecular weight excluding hydrogens is 246 g/mol. The predicted molar refractivity (Wildman–Crippen MR) is 72.6 cm³/mol. The van der Waals surface area contributed by atoms with Crippen molar-refractivity contribution in [2.45, 2.75) is 32.0 Å². The zero-order valence-corrected chi connectivity index (χ0v) is 11.6. The molecule has 2 rings (SSSR count). The van der Waals surface area contributed by atoms with E-state index in [1.165, 1.54) is 28.5 Å². The van der Waals surface area contributed by atoms with E-state index in [9.17, 15) is 0 Å². The molecule has 0 saturated heterocycles. The minimum Gasteiger partial charge on any atom is -0.416 e. The predicted octanol–water partition coefficient (Wildman–Crippen LogP) is 2.79. The van der Waals surface area contributed by atoms with Crippen molar-refractivity contribution in [1.29, 1.82) is 0 Å². The second-order valence-corrected chi connectivity index (χ2v) is 5.34. The van der Waals surface area contributed by atoms with Crippen molar-refractivity contribution < 1.29 is 4.42 Å². The van der Waals surface area contributed by atoms with Crippen LogP contribution in [0.15, 0.2) is 27.8 Å². The Hall–Kier alpha value is -1.33. The van der Waals surface area contributed by atoms with Crippen molar-refractivity contribution in [3.63, 3.8) is 0 Å². The quantitative estimate of drug-likeness (QED) is 0.859. The third-order valence-corrected chi connectivity index (χ3v) is 3.66. The van der Waals surface area contributed by atoms with Crippen LogP contribution in [0.5, 0.6) is 0 Å². The topological polar surface area (TPSA) is 64.9 Å². The highest BCUT2D eigenvalue weighted by Crippen LogP contribution is 2.24. The second-order valence-electron chi connectivity index (χ2n) is 4.36. The minimum atomic E-state index is -0.0252. The van der Waals surface area contributed by atoms with E-state index in [0.717, 1.165) is 5.75 Å². The van der Waals surface area contributed by atoms with Crippen LogP contribution in [0.4, 0.5) is 0 Å². The Bertz CT molecular complexity index is 539. The van der Waals surface area contributed by atoms with Crippen LogP contribution in [0.3, 0.4) is 0 Å². The third kappa shape index (κ3) is 3.11. The molecule has 1 aromatic carbocycles. The summed E-state index contributed by atoms with van der Waals surface area (Å²) in [6.45, 7) is 5.95. The summed E-state index contributed by atoms with van der Waals surface area (Å²) in [6, 6.07) is 6.30. The zero-order valence-electron chi connectivity index (χ0n) is 10.8. The van der Waals surface area contributed by atoms with Crippen molar-refractivity contribution in [2.75, 3.05) is 5.75 Å². The minimum absolute atomic E-state index is 0.0252. The van der Waals surface area contributed by atoms with Gasteiger partial charge in [0.15, 0.2) is 0 Å². The molecule has 1 aromatic heterocycles. The first-order valence-electron chi connectivity index (χ1n) is 5.82. The van der Waals surface area contributed by atoms with Gasteiger partial charge in [-0.2, -0.15) is 0 Å². The molecule has 96 valence electrons. The molecule has 2 aromatic rings. The zero-order chi connectivity index (χ0) is 13.1. The van der Waals surface area contributed by atoms with Gasteiger partial charge in [0.05, 0.1) is 0 Å². The first-order chi connectivity index (χ1) is 8.56. The largest absolute Gasteiger partial charge is 0.416 e. The summed E-state index contributed by atoms with van der Waals surface area (Å²) >= 11 is 1.49. The van der Waals surface area contributed by atoms with Crippen molar-refractivity contribution in [3.8, 4) is 0 Å². The van der Waals surface area contributed by atoms with Gasteiger partial charge >= 0.3 is 0 Å². The van der Waals surface area contributed by atoms with E-state index in [1.807, 2.05) is 0 Å². The normalized spacial score (nSPS) is 12.7. The van der Waals surface area contributed by atoms with Gasteiger partial charge in [0.2, 0.25) is 5.89 Å². The molecular formula is C13H17N3OS. The van der Waals surface area contributed by atoms with Crippen molar-refractivity contribution in [3.05, 3.63) is 40.8 Å². The van der Waals surface area contributed by atoms with E-state index < -0.39 is 0 Å². The summed E-state index contributed by atoms with van der Waals surface area (Å²) < 4.78 is 5.30. The Morgan fingerprint density at radius 2 is 2.06 bits per heavy atom. The second kappa shape index (κ2) is 5.54. The smallest absolute Gasteiger partial charge is 0.276 e. The van der Waals surface area contributed by atoms with Crippen LogP contribution >= 0.6 is 11.8 Å². The molecule has 0 spiro atoms. The van der Waals surface area contributed by atoms with Crippen LogP contribution in [0.2, 0.25) is 0 Å². The van der Waals surface area contributed by atoms with Crippen molar-refractivity contribution in [1.82, 2.24) is 10.2 Å². The third-order valence-electron chi connectivity index (χ3n) is 2.72. The summed E-state index contributed by atoms with van der Waals surface area (Å²) in [5, 5.41) is 8.30. The molecule has 2 N–H and O–H groups in total. The van der Waals surface area contributed by atoms with Gasteiger partial charge in [-0.25, -0.2) is 0 Å². The number of nitrogens with two attached hydrogens (primary N) is 1. The number of rotatable bonds is 4. The van der Waals surface area contributed by atoms with E-state index in [2.05, 4.69) is 42.2 Å². The van der Waals surface area contributed by atoms with E-state index in [-0.39, 0.29) is 6.04 Å². The highest BCUT2D eigenvalue weighted by Gasteiger charge is 2.12. The molecule has 0 saturated carbocycles. The van der Waals surface area contributed by atoms with Gasteiger partial charge in [-0.1, -0.05) is 35.5 Å². The van der Waals surface area contributed by atoms with E-state index >= 15 is 0 Å². The van der Waals surface area contributed by atoms with Crippen LogP contribution in [-0.4, -0.2) is 16.0 Å². The number of thioether (sulfide) groups is 1. The summed E-state index contributed by atoms with van der Waals surface area (Å²) in [5.41, 5.74) is 9.84. The lowest BCUT2D eigenvalue weighted by Gasteiger charge is -2.13. The SMILES string of the molecule is Cc1ccc(C(N)CSc2nnc(C)o2)c(C)c1. The monoisotopic (exact) mass is 263 g/mol. The van der Waals surface area contributed by atoms with Crippen molar-refractivity contribution >= 4 is 11.8 Å². The average molecular weight is 263 g/mol. The lowest BCUT2D eigenvalue weighted by Crippen LogP contribution is -2.14. The Labute approximate surface area is 111 Å². The maximum Gasteiger partial charge on any atom is 0.276 e. The molecule has 0 aliphatic heterocycles. The Kier molecular flexibility index (Phi) is 4.04. The number of benzene rings is 1. The maximum absolute atomic E-state index is 6.19. The van der Waals surface area contributed by atoms with E-state index in [0.29, 0.717) is 11.1 Å². The molecule has 0 fully saturated rings. The fourth-order valence-corrected chi connectivity index (χ4v) is 2.61. The number of hydrogen-bond donors (Lipinski definition) is 1. The molecule has 4 nitrogen and oxygen atoms in total. The Morgan fingerprint density at radius 3 is 2.67 bits per heavy atom. The van der Waals surface area contributed by atoms with Gasteiger partial charge in [0, 0.05) is 18.7 Å². The lowest BCUT2D eigenvalue weighted by atomic mass is 10.0. The summed E-state index contributed by atoms with van der Waals surface area (Å²) in [6.07, 6.45) is 0. The first-order valence-corrected chi connectivity index (χ1v) is 6.80. The highest BCUT2D eigenvalue weighted by atomic mass is 32.2. The van der Waals surface area contributed by atoms with E-state index in [1.54, 1.807) is 6.92 Å². The molecule has 18 heavy (non-hydrogen) atoms. The van der Waals surface area contributed by atoms with Gasteiger partial charge in [-0.3, -0.25) is 0 Å². The fraction of sp³-hybridized carbons (Fsp3) is 0.385. The van der Waals surface area contributed by atoms with Gasteiger partial charge in [0.25, 0.3) is 5.22 Å². The molecule has 0 radical (unpaired) electrons. The van der Waals surface area contributed by atoms with Crippen LogP contribution in [0.25, 0.3) is 0 Å². The Balaban J connectivity index is 2.01. The van der Waals surface area contributed by atoms with Gasteiger partial charge in [-0.15, -0.1) is 10.2 Å². The number of aryl methyl sites for hydroxylation is 3. The van der Waals surface area contributed by atoms with Crippen LogP contribution in [-0.2, 0) is 0 Å². The van der Waals surface area contributed by atoms with Crippen LogP contribution < -0.4 is 5.73 Å². The van der Waals surface area contributed by atoms with Gasteiger partial charge < -0.3 is 10.2 Å². The maximum atomic E-state index is 6.19. The highest BCUT2D eigenvalue weighted by molar-refractivity contribution is 7.99. The number of nitrogens with zero attached hydrogens (tertiary/aromatic N) is 2. The van der Waals surface area contributed by atoms with E-state index in [4.69, 9.17) is 10.2 Å². The molecule has 0 aliphatic rings. The van der Waals surface area contributed by atoms with Gasteiger partial charge in [0.1, 0.15) is 0 Å². The molecule has 1 unspecified atom stereocenters. The van der Waals surface area contributed by atoms with Crippen LogP contribution in [0.1, 0.15) is 28.6 Å². The number of hydrogen-bond acceptors (Lipinski definition) is 5. The van der Waals surface area contributed by atoms with Gasteiger partial charge in [-0.05, 0) is 25.0 Å². The first kappa shape index (κ1) is 13.1. The summed E-state index contributed by atoms with van der Waals surface area (Å²) in [7, 11) is 0. The molecule has 0 bridgehead atoms.